The zero-order chi connectivity index (χ0) is 13.8. The summed E-state index contributed by atoms with van der Waals surface area (Å²) in [4.78, 5) is 10.9. The molecule has 1 N–H and O–H groups in total. The highest BCUT2D eigenvalue weighted by Gasteiger charge is 2.16. The van der Waals surface area contributed by atoms with Crippen LogP contribution >= 0.6 is 11.8 Å². The van der Waals surface area contributed by atoms with Crippen molar-refractivity contribution in [2.45, 2.75) is 0 Å². The molecule has 0 spiro atoms. The molecule has 8 heteroatoms. The molecular weight excluding hydrogens is 276 g/mol. The number of thioether (sulfide) groups is 1. The summed E-state index contributed by atoms with van der Waals surface area (Å²) >= 11 is 1.20. The van der Waals surface area contributed by atoms with Crippen LogP contribution in [-0.4, -0.2) is 30.2 Å². The van der Waals surface area contributed by atoms with E-state index in [9.17, 15) is 13.6 Å². The Morgan fingerprint density at radius 2 is 2.26 bits per heavy atom. The smallest absolute Gasteiger partial charge is 0.236 e. The van der Waals surface area contributed by atoms with Crippen LogP contribution in [0, 0.1) is 11.6 Å². The largest absolute Gasteiger partial charge is 0.491 e. The quantitative estimate of drug-likeness (QED) is 0.676. The van der Waals surface area contributed by atoms with Crippen LogP contribution in [0.5, 0.6) is 5.75 Å². The molecule has 1 fully saturated rings. The highest BCUT2D eigenvalue weighted by atomic mass is 32.2. The van der Waals surface area contributed by atoms with Crippen molar-refractivity contribution in [1.82, 2.24) is 5.32 Å². The lowest BCUT2D eigenvalue weighted by Crippen LogP contribution is -2.19. The van der Waals surface area contributed by atoms with E-state index in [4.69, 9.17) is 0 Å². The van der Waals surface area contributed by atoms with Crippen LogP contribution in [0.15, 0.2) is 22.3 Å². The Balaban J connectivity index is 2.17. The number of carbonyl (C=O) groups excluding carboxylic acids is 1. The molecule has 1 aliphatic heterocycles. The molecule has 19 heavy (non-hydrogen) atoms. The van der Waals surface area contributed by atoms with Gasteiger partial charge < -0.3 is 10.1 Å². The van der Waals surface area contributed by atoms with E-state index >= 15 is 0 Å². The molecule has 5 nitrogen and oxygen atoms in total. The molecule has 2 rings (SSSR count). The number of benzene rings is 1. The fraction of sp³-hybridized carbons (Fsp3) is 0.182. The number of methoxy groups -OCH3 is 1. The minimum Gasteiger partial charge on any atom is -0.491 e. The van der Waals surface area contributed by atoms with Crippen molar-refractivity contribution in [2.75, 3.05) is 12.9 Å². The standard InChI is InChI=1S/C11H9F2N3O2S/c1-18-10-7(12)3-2-6(9(10)13)4-14-16-11-15-8(17)5-19-11/h2-4H,5H2,1H3,(H,15,16,17). The summed E-state index contributed by atoms with van der Waals surface area (Å²) in [5.74, 6) is -1.99. The maximum absolute atomic E-state index is 13.7. The van der Waals surface area contributed by atoms with Gasteiger partial charge in [0, 0.05) is 5.56 Å². The second kappa shape index (κ2) is 5.79. The SMILES string of the molecule is COc1c(F)ccc(C=NN=C2NC(=O)CS2)c1F. The summed E-state index contributed by atoms with van der Waals surface area (Å²) in [6.45, 7) is 0. The molecule has 1 heterocycles. The Hall–Kier alpha value is -1.96. The van der Waals surface area contributed by atoms with Gasteiger partial charge in [0.05, 0.1) is 19.1 Å². The average Bonchev–Trinajstić information content (AvgIpc) is 2.79. The summed E-state index contributed by atoms with van der Waals surface area (Å²) in [5, 5.41) is 10.1. The normalized spacial score (nSPS) is 17.2. The molecule has 0 saturated carbocycles. The van der Waals surface area contributed by atoms with E-state index in [1.54, 1.807) is 0 Å². The van der Waals surface area contributed by atoms with Gasteiger partial charge in [-0.25, -0.2) is 8.78 Å². The number of halogens is 2. The predicted molar refractivity (Wildman–Crippen MR) is 68.5 cm³/mol. The van der Waals surface area contributed by atoms with Gasteiger partial charge in [-0.2, -0.15) is 5.10 Å². The van der Waals surface area contributed by atoms with Crippen molar-refractivity contribution in [3.8, 4) is 5.75 Å². The van der Waals surface area contributed by atoms with Gasteiger partial charge in [0.15, 0.2) is 22.6 Å². The second-order valence-electron chi connectivity index (χ2n) is 3.47. The van der Waals surface area contributed by atoms with Crippen LogP contribution in [0.25, 0.3) is 0 Å². The molecule has 1 aromatic carbocycles. The van der Waals surface area contributed by atoms with Gasteiger partial charge in [-0.3, -0.25) is 4.79 Å². The summed E-state index contributed by atoms with van der Waals surface area (Å²) < 4.78 is 31.5. The number of ether oxygens (including phenoxy) is 1. The minimum atomic E-state index is -0.852. The van der Waals surface area contributed by atoms with Crippen LogP contribution in [0.2, 0.25) is 0 Å². The highest BCUT2D eigenvalue weighted by molar-refractivity contribution is 8.15. The number of amidine groups is 1. The molecule has 0 aromatic heterocycles. The van der Waals surface area contributed by atoms with Crippen LogP contribution in [0.1, 0.15) is 5.56 Å². The van der Waals surface area contributed by atoms with Crippen molar-refractivity contribution in [3.05, 3.63) is 29.3 Å². The lowest BCUT2D eigenvalue weighted by atomic mass is 10.2. The van der Waals surface area contributed by atoms with E-state index in [1.165, 1.54) is 24.9 Å². The number of amides is 1. The highest BCUT2D eigenvalue weighted by Crippen LogP contribution is 2.23. The topological polar surface area (TPSA) is 63.1 Å². The first kappa shape index (κ1) is 13.5. The molecule has 100 valence electrons. The van der Waals surface area contributed by atoms with Crippen molar-refractivity contribution in [3.63, 3.8) is 0 Å². The van der Waals surface area contributed by atoms with Crippen LogP contribution < -0.4 is 10.1 Å². The first-order valence-corrected chi connectivity index (χ1v) is 6.16. The van der Waals surface area contributed by atoms with E-state index < -0.39 is 17.4 Å². The van der Waals surface area contributed by atoms with E-state index in [1.807, 2.05) is 0 Å². The van der Waals surface area contributed by atoms with Gasteiger partial charge in [-0.1, -0.05) is 11.8 Å². The summed E-state index contributed by atoms with van der Waals surface area (Å²) in [6.07, 6.45) is 1.12. The average molecular weight is 285 g/mol. The van der Waals surface area contributed by atoms with E-state index in [2.05, 4.69) is 20.3 Å². The minimum absolute atomic E-state index is 0.0388. The third-order valence-corrected chi connectivity index (χ3v) is 3.08. The molecule has 0 radical (unpaired) electrons. The number of rotatable bonds is 3. The fourth-order valence-electron chi connectivity index (χ4n) is 1.36. The van der Waals surface area contributed by atoms with E-state index in [0.717, 1.165) is 12.3 Å². The summed E-state index contributed by atoms with van der Waals surface area (Å²) in [5.41, 5.74) is 0.0388. The molecule has 0 aliphatic carbocycles. The zero-order valence-electron chi connectivity index (χ0n) is 9.81. The summed E-state index contributed by atoms with van der Waals surface area (Å²) in [7, 11) is 1.17. The van der Waals surface area contributed by atoms with Crippen molar-refractivity contribution >= 4 is 29.1 Å². The van der Waals surface area contributed by atoms with Crippen molar-refractivity contribution in [1.29, 1.82) is 0 Å². The van der Waals surface area contributed by atoms with E-state index in [-0.39, 0.29) is 17.2 Å². The molecular formula is C11H9F2N3O2S. The number of hydrogen-bond acceptors (Lipinski definition) is 5. The van der Waals surface area contributed by atoms with Crippen LogP contribution in [0.4, 0.5) is 8.78 Å². The first-order valence-electron chi connectivity index (χ1n) is 5.17. The van der Waals surface area contributed by atoms with Gasteiger partial charge in [-0.15, -0.1) is 5.10 Å². The second-order valence-corrected chi connectivity index (χ2v) is 4.43. The lowest BCUT2D eigenvalue weighted by Gasteiger charge is -2.04. The molecule has 1 saturated heterocycles. The Labute approximate surface area is 111 Å². The monoisotopic (exact) mass is 285 g/mol. The predicted octanol–water partition coefficient (Wildman–Crippen LogP) is 1.53. The fourth-order valence-corrected chi connectivity index (χ4v) is 1.99. The Bertz CT molecular complexity index is 575. The van der Waals surface area contributed by atoms with Gasteiger partial charge in [0.1, 0.15) is 0 Å². The first-order chi connectivity index (χ1) is 9.11. The maximum atomic E-state index is 13.7. The van der Waals surface area contributed by atoms with Crippen molar-refractivity contribution in [2.24, 2.45) is 10.2 Å². The lowest BCUT2D eigenvalue weighted by molar-refractivity contribution is -0.116. The molecule has 1 amide bonds. The third-order valence-electron chi connectivity index (χ3n) is 2.21. The van der Waals surface area contributed by atoms with E-state index in [0.29, 0.717) is 5.17 Å². The Morgan fingerprint density at radius 1 is 1.47 bits per heavy atom. The number of hydrogen-bond donors (Lipinski definition) is 1. The molecule has 0 unspecified atom stereocenters. The molecule has 1 aromatic rings. The Kier molecular flexibility index (Phi) is 4.10. The van der Waals surface area contributed by atoms with Crippen LogP contribution in [-0.2, 0) is 4.79 Å². The number of nitrogens with zero attached hydrogens (tertiary/aromatic N) is 2. The Morgan fingerprint density at radius 3 is 2.89 bits per heavy atom. The molecule has 1 aliphatic rings. The molecule has 0 atom stereocenters. The van der Waals surface area contributed by atoms with Gasteiger partial charge in [-0.05, 0) is 12.1 Å². The third kappa shape index (κ3) is 3.08. The van der Waals surface area contributed by atoms with Crippen LogP contribution in [0.3, 0.4) is 0 Å². The van der Waals surface area contributed by atoms with Gasteiger partial charge in [0.25, 0.3) is 0 Å². The summed E-state index contributed by atoms with van der Waals surface area (Å²) in [6, 6.07) is 2.29. The van der Waals surface area contributed by atoms with Gasteiger partial charge in [0.2, 0.25) is 5.91 Å². The van der Waals surface area contributed by atoms with Crippen molar-refractivity contribution < 1.29 is 18.3 Å². The number of carbonyl (C=O) groups is 1. The van der Waals surface area contributed by atoms with Gasteiger partial charge >= 0.3 is 0 Å². The maximum Gasteiger partial charge on any atom is 0.236 e. The molecule has 0 bridgehead atoms. The number of nitrogens with one attached hydrogen (secondary N) is 1. The zero-order valence-corrected chi connectivity index (χ0v) is 10.6.